The molecule has 1 N–H and O–H groups in total. The van der Waals surface area contributed by atoms with Gasteiger partial charge in [-0.25, -0.2) is 9.37 Å². The van der Waals surface area contributed by atoms with Crippen molar-refractivity contribution in [3.05, 3.63) is 94.5 Å². The van der Waals surface area contributed by atoms with Crippen molar-refractivity contribution in [1.82, 2.24) is 9.55 Å². The van der Waals surface area contributed by atoms with Gasteiger partial charge in [-0.1, -0.05) is 48.2 Å². The Hall–Kier alpha value is -3.45. The Labute approximate surface area is 176 Å². The summed E-state index contributed by atoms with van der Waals surface area (Å²) in [6.45, 7) is 1.66. The van der Waals surface area contributed by atoms with Crippen LogP contribution in [0, 0.1) is 12.7 Å². The van der Waals surface area contributed by atoms with E-state index in [0.29, 0.717) is 33.0 Å². The van der Waals surface area contributed by atoms with E-state index < -0.39 is 0 Å². The summed E-state index contributed by atoms with van der Waals surface area (Å²) in [5.74, 6) is -0.674. The van der Waals surface area contributed by atoms with Gasteiger partial charge >= 0.3 is 0 Å². The zero-order valence-corrected chi connectivity index (χ0v) is 16.9. The molecule has 30 heavy (non-hydrogen) atoms. The van der Waals surface area contributed by atoms with E-state index in [4.69, 9.17) is 0 Å². The first kappa shape index (κ1) is 19.8. The molecule has 5 nitrogen and oxygen atoms in total. The van der Waals surface area contributed by atoms with Gasteiger partial charge in [-0.2, -0.15) is 0 Å². The topological polar surface area (TPSA) is 64.0 Å². The number of anilines is 1. The number of halogens is 1. The first-order valence-electron chi connectivity index (χ1n) is 9.29. The summed E-state index contributed by atoms with van der Waals surface area (Å²) < 4.78 is 15.2. The minimum atomic E-state index is -0.380. The number of amides is 1. The zero-order chi connectivity index (χ0) is 21.1. The number of carbonyl (C=O) groups excluding carboxylic acids is 1. The smallest absolute Gasteiger partial charge is 0.266 e. The van der Waals surface area contributed by atoms with Crippen LogP contribution in [0.3, 0.4) is 0 Å². The number of thioether (sulfide) groups is 1. The lowest BCUT2D eigenvalue weighted by atomic mass is 10.2. The van der Waals surface area contributed by atoms with Crippen LogP contribution in [0.5, 0.6) is 0 Å². The molecule has 0 spiro atoms. The predicted molar refractivity (Wildman–Crippen MR) is 118 cm³/mol. The molecule has 0 saturated carbocycles. The van der Waals surface area contributed by atoms with Gasteiger partial charge in [0.1, 0.15) is 5.82 Å². The maximum absolute atomic E-state index is 13.7. The van der Waals surface area contributed by atoms with Gasteiger partial charge < -0.3 is 5.32 Å². The van der Waals surface area contributed by atoms with Crippen LogP contribution in [0.2, 0.25) is 0 Å². The van der Waals surface area contributed by atoms with Crippen molar-refractivity contribution in [3.8, 4) is 5.69 Å². The highest BCUT2D eigenvalue weighted by Gasteiger charge is 2.15. The molecule has 0 aliphatic carbocycles. The van der Waals surface area contributed by atoms with E-state index in [1.807, 2.05) is 36.4 Å². The fraction of sp³-hybridized carbons (Fsp3) is 0.0870. The first-order chi connectivity index (χ1) is 14.5. The Morgan fingerprint density at radius 2 is 1.80 bits per heavy atom. The standard InChI is InChI=1S/C23H18FN3O2S/c1-15-11-12-16(13-19(15)24)25-21(28)14-30-23-26-20-10-6-5-9-18(20)22(29)27(23)17-7-3-2-4-8-17/h2-13H,14H2,1H3,(H,25,28). The lowest BCUT2D eigenvalue weighted by Crippen LogP contribution is -2.22. The van der Waals surface area contributed by atoms with Crippen LogP contribution in [0.15, 0.2) is 82.7 Å². The summed E-state index contributed by atoms with van der Waals surface area (Å²) in [4.78, 5) is 30.1. The Bertz CT molecular complexity index is 1290. The number of aromatic nitrogens is 2. The third-order valence-corrected chi connectivity index (χ3v) is 5.49. The van der Waals surface area contributed by atoms with Crippen LogP contribution < -0.4 is 10.9 Å². The van der Waals surface area contributed by atoms with Gasteiger partial charge in [-0.15, -0.1) is 0 Å². The molecule has 0 aliphatic rings. The SMILES string of the molecule is Cc1ccc(NC(=O)CSc2nc3ccccc3c(=O)n2-c2ccccc2)cc1F. The summed E-state index contributed by atoms with van der Waals surface area (Å²) in [5, 5.41) is 3.59. The van der Waals surface area contributed by atoms with E-state index in [2.05, 4.69) is 10.3 Å². The maximum atomic E-state index is 13.7. The molecule has 0 atom stereocenters. The van der Waals surface area contributed by atoms with Gasteiger partial charge in [0.2, 0.25) is 5.91 Å². The Morgan fingerprint density at radius 1 is 1.07 bits per heavy atom. The van der Waals surface area contributed by atoms with Crippen LogP contribution >= 0.6 is 11.8 Å². The molecule has 3 aromatic carbocycles. The second-order valence-electron chi connectivity index (χ2n) is 6.69. The first-order valence-corrected chi connectivity index (χ1v) is 10.3. The van der Waals surface area contributed by atoms with Crippen LogP contribution in [0.4, 0.5) is 10.1 Å². The third kappa shape index (κ3) is 4.11. The number of aryl methyl sites for hydroxylation is 1. The maximum Gasteiger partial charge on any atom is 0.266 e. The summed E-state index contributed by atoms with van der Waals surface area (Å²) >= 11 is 1.15. The zero-order valence-electron chi connectivity index (χ0n) is 16.1. The van der Waals surface area contributed by atoms with Gasteiger partial charge in [0, 0.05) is 5.69 Å². The van der Waals surface area contributed by atoms with E-state index in [9.17, 15) is 14.0 Å². The number of benzene rings is 3. The number of hydrogen-bond acceptors (Lipinski definition) is 4. The molecule has 0 fully saturated rings. The summed E-state index contributed by atoms with van der Waals surface area (Å²) in [5.41, 5.74) is 1.93. The second kappa shape index (κ2) is 8.51. The Kier molecular flexibility index (Phi) is 5.63. The van der Waals surface area contributed by atoms with Gasteiger partial charge in [0.25, 0.3) is 5.56 Å². The molecule has 1 amide bonds. The summed E-state index contributed by atoms with van der Waals surface area (Å²) in [6.07, 6.45) is 0. The summed E-state index contributed by atoms with van der Waals surface area (Å²) in [7, 11) is 0. The van der Waals surface area contributed by atoms with E-state index in [1.54, 1.807) is 37.3 Å². The molecule has 1 aromatic heterocycles. The molecule has 7 heteroatoms. The molecule has 1 heterocycles. The van der Waals surface area contributed by atoms with Crippen LogP contribution in [-0.2, 0) is 4.79 Å². The average Bonchev–Trinajstić information content (AvgIpc) is 2.75. The number of nitrogens with one attached hydrogen (secondary N) is 1. The lowest BCUT2D eigenvalue weighted by molar-refractivity contribution is -0.113. The summed E-state index contributed by atoms with van der Waals surface area (Å²) in [6, 6.07) is 20.8. The molecular weight excluding hydrogens is 401 g/mol. The van der Waals surface area contributed by atoms with Crippen molar-refractivity contribution in [1.29, 1.82) is 0 Å². The highest BCUT2D eigenvalue weighted by atomic mass is 32.2. The number of carbonyl (C=O) groups is 1. The monoisotopic (exact) mass is 419 g/mol. The number of para-hydroxylation sites is 2. The van der Waals surface area contributed by atoms with E-state index in [1.165, 1.54) is 10.6 Å². The number of fused-ring (bicyclic) bond motifs is 1. The molecule has 0 bridgehead atoms. The predicted octanol–water partition coefficient (Wildman–Crippen LogP) is 4.56. The van der Waals surface area contributed by atoms with E-state index >= 15 is 0 Å². The largest absolute Gasteiger partial charge is 0.325 e. The number of nitrogens with zero attached hydrogens (tertiary/aromatic N) is 2. The van der Waals surface area contributed by atoms with Crippen LogP contribution in [-0.4, -0.2) is 21.2 Å². The third-order valence-electron chi connectivity index (χ3n) is 4.55. The highest BCUT2D eigenvalue weighted by Crippen LogP contribution is 2.22. The van der Waals surface area contributed by atoms with Crippen molar-refractivity contribution >= 4 is 34.3 Å². The molecular formula is C23H18FN3O2S. The van der Waals surface area contributed by atoms with Gasteiger partial charge in [0.15, 0.2) is 5.16 Å². The Balaban J connectivity index is 1.64. The molecule has 0 radical (unpaired) electrons. The normalized spacial score (nSPS) is 10.9. The molecule has 0 aliphatic heterocycles. The minimum absolute atomic E-state index is 0.0209. The Morgan fingerprint density at radius 3 is 2.57 bits per heavy atom. The second-order valence-corrected chi connectivity index (χ2v) is 7.63. The van der Waals surface area contributed by atoms with Gasteiger partial charge in [0.05, 0.1) is 22.3 Å². The van der Waals surface area contributed by atoms with Crippen molar-refractivity contribution < 1.29 is 9.18 Å². The average molecular weight is 419 g/mol. The molecule has 0 saturated heterocycles. The lowest BCUT2D eigenvalue weighted by Gasteiger charge is -2.13. The molecule has 4 aromatic rings. The van der Waals surface area contributed by atoms with Crippen molar-refractivity contribution in [2.45, 2.75) is 12.1 Å². The molecule has 0 unspecified atom stereocenters. The molecule has 150 valence electrons. The van der Waals surface area contributed by atoms with Crippen LogP contribution in [0.1, 0.15) is 5.56 Å². The fourth-order valence-electron chi connectivity index (χ4n) is 3.01. The van der Waals surface area contributed by atoms with Crippen molar-refractivity contribution in [2.75, 3.05) is 11.1 Å². The van der Waals surface area contributed by atoms with Crippen molar-refractivity contribution in [3.63, 3.8) is 0 Å². The van der Waals surface area contributed by atoms with Gasteiger partial charge in [-0.3, -0.25) is 14.2 Å². The minimum Gasteiger partial charge on any atom is -0.325 e. The van der Waals surface area contributed by atoms with Crippen LogP contribution in [0.25, 0.3) is 16.6 Å². The number of rotatable bonds is 5. The van der Waals surface area contributed by atoms with Gasteiger partial charge in [-0.05, 0) is 48.9 Å². The highest BCUT2D eigenvalue weighted by molar-refractivity contribution is 7.99. The van der Waals surface area contributed by atoms with E-state index in [0.717, 1.165) is 11.8 Å². The fourth-order valence-corrected chi connectivity index (χ4v) is 3.82. The quantitative estimate of drug-likeness (QED) is 0.380. The molecule has 4 rings (SSSR count). The van der Waals surface area contributed by atoms with E-state index in [-0.39, 0.29) is 23.0 Å². The van der Waals surface area contributed by atoms with Crippen molar-refractivity contribution in [2.24, 2.45) is 0 Å². The number of hydrogen-bond donors (Lipinski definition) is 1.